The molecule has 4 aromatic rings. The lowest BCUT2D eigenvalue weighted by Crippen LogP contribution is -2.42. The van der Waals surface area contributed by atoms with Crippen molar-refractivity contribution in [1.29, 1.82) is 0 Å². The Morgan fingerprint density at radius 2 is 1.82 bits per heavy atom. The zero-order valence-corrected chi connectivity index (χ0v) is 23.3. The summed E-state index contributed by atoms with van der Waals surface area (Å²) in [4.78, 5) is 17.7. The van der Waals surface area contributed by atoms with Gasteiger partial charge in [-0.15, -0.1) is 0 Å². The number of rotatable bonds is 5. The van der Waals surface area contributed by atoms with Crippen molar-refractivity contribution in [3.8, 4) is 28.3 Å². The lowest BCUT2D eigenvalue weighted by Gasteiger charge is -2.37. The third kappa shape index (κ3) is 5.95. The molecule has 0 saturated heterocycles. The number of alkyl halides is 3. The largest absolute Gasteiger partial charge is 0.471 e. The first-order valence-electron chi connectivity index (χ1n) is 12.5. The number of nitrogens with one attached hydrogen (secondary N) is 2. The van der Waals surface area contributed by atoms with E-state index in [-0.39, 0.29) is 34.5 Å². The van der Waals surface area contributed by atoms with Gasteiger partial charge in [-0.05, 0) is 68.8 Å². The van der Waals surface area contributed by atoms with Crippen molar-refractivity contribution in [2.45, 2.75) is 51.4 Å². The predicted molar refractivity (Wildman–Crippen MR) is 147 cm³/mol. The number of carbonyl (C=O) groups is 1. The maximum Gasteiger partial charge on any atom is 0.416 e. The summed E-state index contributed by atoms with van der Waals surface area (Å²) in [6, 6.07) is 13.1. The number of pyridine rings is 1. The van der Waals surface area contributed by atoms with Gasteiger partial charge < -0.3 is 10.1 Å². The van der Waals surface area contributed by atoms with Crippen LogP contribution in [0.3, 0.4) is 0 Å². The summed E-state index contributed by atoms with van der Waals surface area (Å²) in [5.74, 6) is -0.0310. The number of halogens is 5. The number of fused-ring (bicyclic) bond motifs is 1. The monoisotopic (exact) mass is 588 g/mol. The Labute approximate surface area is 238 Å². The molecule has 0 radical (unpaired) electrons. The molecule has 2 N–H and O–H groups in total. The Kier molecular flexibility index (Phi) is 7.31. The number of aryl methyl sites for hydroxylation is 1. The summed E-state index contributed by atoms with van der Waals surface area (Å²) < 4.78 is 47.1. The van der Waals surface area contributed by atoms with Crippen LogP contribution < -0.4 is 10.1 Å². The molecule has 3 heterocycles. The SMILES string of the molecule is Cc1cc(CC(=O)NC2CC(C)(C)Oc3nc(-c4cc(C(F)(F)F)ccc4Cl)c(-c4ccc(Cl)cc4)cc32)n[nH]1. The molecular weight excluding hydrogens is 564 g/mol. The van der Waals surface area contributed by atoms with Crippen molar-refractivity contribution in [1.82, 2.24) is 20.5 Å². The standard InChI is InChI=1S/C29H25Cl2F3N4O2/c1-15-10-19(38-37-15)12-25(39)35-24-14-28(2,3)40-27-22(24)13-20(16-4-7-18(30)8-5-16)26(36-27)21-11-17(29(32,33)34)6-9-23(21)31/h4-11,13,24H,12,14H2,1-3H3,(H,35,39)(H,37,38). The number of ether oxygens (including phenoxy) is 1. The molecule has 1 atom stereocenters. The molecule has 0 fully saturated rings. The molecule has 11 heteroatoms. The van der Waals surface area contributed by atoms with Crippen molar-refractivity contribution >= 4 is 29.1 Å². The third-order valence-corrected chi connectivity index (χ3v) is 7.18. The van der Waals surface area contributed by atoms with E-state index in [9.17, 15) is 18.0 Å². The lowest BCUT2D eigenvalue weighted by atomic mass is 9.88. The Hall–Kier alpha value is -3.56. The highest BCUT2D eigenvalue weighted by atomic mass is 35.5. The van der Waals surface area contributed by atoms with Crippen LogP contribution >= 0.6 is 23.2 Å². The van der Waals surface area contributed by atoms with Gasteiger partial charge in [0.25, 0.3) is 0 Å². The molecule has 1 aliphatic rings. The molecule has 1 unspecified atom stereocenters. The quantitative estimate of drug-likeness (QED) is 0.250. The van der Waals surface area contributed by atoms with Crippen LogP contribution in [0.4, 0.5) is 13.2 Å². The topological polar surface area (TPSA) is 79.9 Å². The van der Waals surface area contributed by atoms with Gasteiger partial charge in [0.05, 0.1) is 34.4 Å². The molecule has 40 heavy (non-hydrogen) atoms. The van der Waals surface area contributed by atoms with E-state index in [4.69, 9.17) is 32.9 Å². The second kappa shape index (κ2) is 10.4. The van der Waals surface area contributed by atoms with Crippen LogP contribution in [0.25, 0.3) is 22.4 Å². The lowest BCUT2D eigenvalue weighted by molar-refractivity contribution is -0.137. The Morgan fingerprint density at radius 1 is 1.10 bits per heavy atom. The van der Waals surface area contributed by atoms with Crippen LogP contribution in [0.5, 0.6) is 5.88 Å². The van der Waals surface area contributed by atoms with E-state index in [2.05, 4.69) is 15.5 Å². The van der Waals surface area contributed by atoms with Crippen LogP contribution in [-0.2, 0) is 17.4 Å². The second-order valence-electron chi connectivity index (χ2n) is 10.4. The van der Waals surface area contributed by atoms with Crippen LogP contribution in [0, 0.1) is 6.92 Å². The normalized spacial score (nSPS) is 16.2. The van der Waals surface area contributed by atoms with Gasteiger partial charge >= 0.3 is 6.18 Å². The minimum atomic E-state index is -4.57. The second-order valence-corrected chi connectivity index (χ2v) is 11.2. The first-order chi connectivity index (χ1) is 18.8. The molecule has 1 aliphatic heterocycles. The predicted octanol–water partition coefficient (Wildman–Crippen LogP) is 7.73. The highest BCUT2D eigenvalue weighted by Gasteiger charge is 2.37. The number of amides is 1. The molecule has 6 nitrogen and oxygen atoms in total. The van der Waals surface area contributed by atoms with Crippen molar-refractivity contribution in [3.63, 3.8) is 0 Å². The summed E-state index contributed by atoms with van der Waals surface area (Å²) in [5, 5.41) is 10.6. The maximum absolute atomic E-state index is 13.6. The Morgan fingerprint density at radius 3 is 2.48 bits per heavy atom. The first kappa shape index (κ1) is 28.0. The van der Waals surface area contributed by atoms with Gasteiger partial charge in [-0.1, -0.05) is 35.3 Å². The summed E-state index contributed by atoms with van der Waals surface area (Å²) in [5.41, 5.74) is 1.97. The van der Waals surface area contributed by atoms with E-state index in [1.807, 2.05) is 20.8 Å². The molecule has 0 saturated carbocycles. The van der Waals surface area contributed by atoms with Crippen molar-refractivity contribution < 1.29 is 22.7 Å². The number of nitrogens with zero attached hydrogens (tertiary/aromatic N) is 2. The molecule has 5 rings (SSSR count). The van der Waals surface area contributed by atoms with Crippen LogP contribution in [0.2, 0.25) is 10.0 Å². The highest BCUT2D eigenvalue weighted by molar-refractivity contribution is 6.33. The van der Waals surface area contributed by atoms with Crippen molar-refractivity contribution in [2.75, 3.05) is 0 Å². The fourth-order valence-corrected chi connectivity index (χ4v) is 5.12. The van der Waals surface area contributed by atoms with E-state index in [1.165, 1.54) is 6.07 Å². The van der Waals surface area contributed by atoms with E-state index in [0.29, 0.717) is 33.8 Å². The Bertz CT molecular complexity index is 1580. The van der Waals surface area contributed by atoms with Crippen molar-refractivity contribution in [3.05, 3.63) is 87.2 Å². The fourth-order valence-electron chi connectivity index (χ4n) is 4.79. The van der Waals surface area contributed by atoms with E-state index < -0.39 is 23.4 Å². The average molecular weight is 589 g/mol. The number of aromatic amines is 1. The number of aromatic nitrogens is 3. The third-order valence-electron chi connectivity index (χ3n) is 6.60. The van der Waals surface area contributed by atoms with E-state index in [1.54, 1.807) is 36.4 Å². The fraction of sp³-hybridized carbons (Fsp3) is 0.276. The molecule has 0 spiro atoms. The van der Waals surface area contributed by atoms with Crippen molar-refractivity contribution in [2.24, 2.45) is 0 Å². The zero-order chi connectivity index (χ0) is 28.8. The number of hydrogen-bond donors (Lipinski definition) is 2. The molecule has 0 aliphatic carbocycles. The van der Waals surface area contributed by atoms with Crippen LogP contribution in [-0.4, -0.2) is 26.7 Å². The summed E-state index contributed by atoms with van der Waals surface area (Å²) in [7, 11) is 0. The summed E-state index contributed by atoms with van der Waals surface area (Å²) in [6.07, 6.45) is -4.06. The van der Waals surface area contributed by atoms with Gasteiger partial charge in [0.1, 0.15) is 5.60 Å². The molecule has 2 aromatic heterocycles. The molecular formula is C29H25Cl2F3N4O2. The van der Waals surface area contributed by atoms with Gasteiger partial charge in [-0.25, -0.2) is 4.98 Å². The van der Waals surface area contributed by atoms with Crippen LogP contribution in [0.15, 0.2) is 54.6 Å². The highest BCUT2D eigenvalue weighted by Crippen LogP contribution is 2.45. The number of H-pyrrole nitrogens is 1. The van der Waals surface area contributed by atoms with Gasteiger partial charge in [0, 0.05) is 33.8 Å². The number of carbonyl (C=O) groups excluding carboxylic acids is 1. The van der Waals surface area contributed by atoms with Crippen LogP contribution in [0.1, 0.15) is 48.8 Å². The zero-order valence-electron chi connectivity index (χ0n) is 21.8. The van der Waals surface area contributed by atoms with Gasteiger partial charge in [0.15, 0.2) is 0 Å². The van der Waals surface area contributed by atoms with E-state index in [0.717, 1.165) is 17.8 Å². The Balaban J connectivity index is 1.64. The molecule has 1 amide bonds. The first-order valence-corrected chi connectivity index (χ1v) is 13.2. The smallest absolute Gasteiger partial charge is 0.416 e. The summed E-state index contributed by atoms with van der Waals surface area (Å²) >= 11 is 12.6. The van der Waals surface area contributed by atoms with Gasteiger partial charge in [-0.2, -0.15) is 18.3 Å². The molecule has 0 bridgehead atoms. The average Bonchev–Trinajstić information content (AvgIpc) is 3.27. The summed E-state index contributed by atoms with van der Waals surface area (Å²) in [6.45, 7) is 5.57. The molecule has 2 aromatic carbocycles. The minimum absolute atomic E-state index is 0.0762. The number of benzene rings is 2. The number of hydrogen-bond acceptors (Lipinski definition) is 4. The molecule has 208 valence electrons. The van der Waals surface area contributed by atoms with E-state index >= 15 is 0 Å². The van der Waals surface area contributed by atoms with Gasteiger partial charge in [0.2, 0.25) is 11.8 Å². The van der Waals surface area contributed by atoms with Gasteiger partial charge in [-0.3, -0.25) is 9.89 Å². The minimum Gasteiger partial charge on any atom is -0.471 e. The maximum atomic E-state index is 13.6.